The Morgan fingerprint density at radius 3 is 2.54 bits per heavy atom. The summed E-state index contributed by atoms with van der Waals surface area (Å²) < 4.78 is 41.8. The Morgan fingerprint density at radius 2 is 1.92 bits per heavy atom. The lowest BCUT2D eigenvalue weighted by molar-refractivity contribution is -0.194. The van der Waals surface area contributed by atoms with Crippen LogP contribution in [0.5, 0.6) is 0 Å². The first-order valence-corrected chi connectivity index (χ1v) is 11.0. The number of hydrogen-bond acceptors (Lipinski definition) is 5. The second-order valence-corrected chi connectivity index (χ2v) is 8.81. The van der Waals surface area contributed by atoms with Crippen LogP contribution in [0.3, 0.4) is 0 Å². The van der Waals surface area contributed by atoms with Crippen LogP contribution in [0.4, 0.5) is 0 Å². The average Bonchev–Trinajstić information content (AvgIpc) is 2.65. The normalized spacial score (nSPS) is 20.7. The minimum absolute atomic E-state index is 0.0203. The number of benzene rings is 1. The summed E-state index contributed by atoms with van der Waals surface area (Å²) in [5.41, 5.74) is 1.01. The van der Waals surface area contributed by atoms with E-state index in [1.807, 2.05) is 6.92 Å². The number of rotatable bonds is 10. The van der Waals surface area contributed by atoms with Crippen molar-refractivity contribution in [3.05, 3.63) is 29.8 Å². The molecule has 0 aromatic heterocycles. The summed E-state index contributed by atoms with van der Waals surface area (Å²) >= 11 is 0. The first kappa shape index (κ1) is 21.4. The van der Waals surface area contributed by atoms with Crippen LogP contribution < -0.4 is 0 Å². The Kier molecular flexibility index (Phi) is 8.54. The molecule has 0 spiro atoms. The highest BCUT2D eigenvalue weighted by atomic mass is 32.2. The quantitative estimate of drug-likeness (QED) is 0.558. The largest absolute Gasteiger partial charge is 0.353 e. The Balaban J connectivity index is 1.96. The van der Waals surface area contributed by atoms with E-state index in [0.717, 1.165) is 44.1 Å². The maximum absolute atomic E-state index is 12.4. The molecule has 5 nitrogen and oxygen atoms in total. The van der Waals surface area contributed by atoms with E-state index >= 15 is 0 Å². The standard InChI is InChI=1S/C20H32O5S/c1-4-16(2)8-11-18(25-20-7-5-6-14-23-20)15-24-26(21,22)19-12-9-17(3)10-13-19/h9-10,12-13,16,18,20H,4-8,11,14-15H2,1-3H3/t16-,18-,20?/m0/s1. The molecule has 1 aliphatic rings. The smallest absolute Gasteiger partial charge is 0.297 e. The molecular formula is C20H32O5S. The van der Waals surface area contributed by atoms with Gasteiger partial charge in [-0.15, -0.1) is 0 Å². The van der Waals surface area contributed by atoms with Gasteiger partial charge in [-0.3, -0.25) is 4.18 Å². The van der Waals surface area contributed by atoms with Gasteiger partial charge in [0.05, 0.1) is 17.6 Å². The van der Waals surface area contributed by atoms with Gasteiger partial charge in [-0.25, -0.2) is 0 Å². The third kappa shape index (κ3) is 6.99. The molecule has 6 heteroatoms. The van der Waals surface area contributed by atoms with Crippen molar-refractivity contribution in [2.75, 3.05) is 13.2 Å². The highest BCUT2D eigenvalue weighted by Crippen LogP contribution is 2.21. The zero-order chi connectivity index (χ0) is 19.0. The molecule has 0 aliphatic carbocycles. The van der Waals surface area contributed by atoms with E-state index in [1.165, 1.54) is 0 Å². The summed E-state index contributed by atoms with van der Waals surface area (Å²) in [5.74, 6) is 0.571. The summed E-state index contributed by atoms with van der Waals surface area (Å²) in [4.78, 5) is 0.178. The molecule has 1 aromatic carbocycles. The van der Waals surface area contributed by atoms with Crippen LogP contribution in [0, 0.1) is 12.8 Å². The first-order valence-electron chi connectivity index (χ1n) is 9.64. The van der Waals surface area contributed by atoms with Gasteiger partial charge in [0.15, 0.2) is 6.29 Å². The van der Waals surface area contributed by atoms with E-state index in [1.54, 1.807) is 24.3 Å². The predicted octanol–water partition coefficient (Wildman–Crippen LogP) is 4.44. The summed E-state index contributed by atoms with van der Waals surface area (Å²) in [7, 11) is -3.78. The van der Waals surface area contributed by atoms with Gasteiger partial charge in [0, 0.05) is 6.61 Å². The minimum atomic E-state index is -3.78. The fourth-order valence-corrected chi connectivity index (χ4v) is 3.77. The van der Waals surface area contributed by atoms with Crippen molar-refractivity contribution in [3.8, 4) is 0 Å². The lowest BCUT2D eigenvalue weighted by Gasteiger charge is -2.28. The van der Waals surface area contributed by atoms with Crippen LogP contribution >= 0.6 is 0 Å². The van der Waals surface area contributed by atoms with E-state index in [4.69, 9.17) is 13.7 Å². The molecule has 2 rings (SSSR count). The van der Waals surface area contributed by atoms with Crippen LogP contribution in [0.15, 0.2) is 29.2 Å². The molecule has 0 amide bonds. The van der Waals surface area contributed by atoms with Crippen molar-refractivity contribution in [2.45, 2.75) is 76.6 Å². The molecule has 26 heavy (non-hydrogen) atoms. The Hall–Kier alpha value is -0.950. The summed E-state index contributed by atoms with van der Waals surface area (Å²) in [6, 6.07) is 6.68. The minimum Gasteiger partial charge on any atom is -0.353 e. The number of ether oxygens (including phenoxy) is 2. The van der Waals surface area contributed by atoms with Crippen LogP contribution in [0.25, 0.3) is 0 Å². The lowest BCUT2D eigenvalue weighted by Crippen LogP contribution is -2.31. The molecule has 1 fully saturated rings. The summed E-state index contributed by atoms with van der Waals surface area (Å²) in [5, 5.41) is 0. The van der Waals surface area contributed by atoms with Gasteiger partial charge in [-0.1, -0.05) is 38.0 Å². The average molecular weight is 385 g/mol. The first-order chi connectivity index (χ1) is 12.4. The van der Waals surface area contributed by atoms with E-state index in [9.17, 15) is 8.42 Å². The fraction of sp³-hybridized carbons (Fsp3) is 0.700. The molecule has 1 heterocycles. The maximum atomic E-state index is 12.4. The van der Waals surface area contributed by atoms with E-state index < -0.39 is 10.1 Å². The van der Waals surface area contributed by atoms with Gasteiger partial charge in [0.1, 0.15) is 0 Å². The molecule has 0 saturated carbocycles. The van der Waals surface area contributed by atoms with Crippen LogP contribution in [-0.4, -0.2) is 34.0 Å². The molecule has 0 bridgehead atoms. The van der Waals surface area contributed by atoms with E-state index in [2.05, 4.69) is 13.8 Å². The Bertz CT molecular complexity index is 620. The Labute approximate surface area is 158 Å². The topological polar surface area (TPSA) is 61.8 Å². The van der Waals surface area contributed by atoms with Crippen LogP contribution in [-0.2, 0) is 23.8 Å². The van der Waals surface area contributed by atoms with Gasteiger partial charge in [0.25, 0.3) is 10.1 Å². The van der Waals surface area contributed by atoms with E-state index in [0.29, 0.717) is 12.5 Å². The zero-order valence-corrected chi connectivity index (χ0v) is 17.0. The van der Waals surface area contributed by atoms with Gasteiger partial charge in [-0.2, -0.15) is 8.42 Å². The van der Waals surface area contributed by atoms with Crippen molar-refractivity contribution >= 4 is 10.1 Å². The third-order valence-corrected chi connectivity index (χ3v) is 6.18. The molecule has 1 saturated heterocycles. The molecule has 1 unspecified atom stereocenters. The molecule has 1 aliphatic heterocycles. The highest BCUT2D eigenvalue weighted by molar-refractivity contribution is 7.86. The lowest BCUT2D eigenvalue weighted by atomic mass is 10.0. The SMILES string of the molecule is CC[C@H](C)CC[C@@H](COS(=O)(=O)c1ccc(C)cc1)OC1CCCCO1. The molecule has 3 atom stereocenters. The predicted molar refractivity (Wildman–Crippen MR) is 101 cm³/mol. The molecule has 148 valence electrons. The zero-order valence-electron chi connectivity index (χ0n) is 16.1. The van der Waals surface area contributed by atoms with Gasteiger partial charge >= 0.3 is 0 Å². The van der Waals surface area contributed by atoms with Gasteiger partial charge in [-0.05, 0) is 57.1 Å². The summed E-state index contributed by atoms with van der Waals surface area (Å²) in [6.45, 7) is 6.99. The van der Waals surface area contributed by atoms with Crippen molar-refractivity contribution in [1.82, 2.24) is 0 Å². The third-order valence-electron chi connectivity index (χ3n) is 4.88. The van der Waals surface area contributed by atoms with Crippen LogP contribution in [0.2, 0.25) is 0 Å². The Morgan fingerprint density at radius 1 is 1.19 bits per heavy atom. The molecular weight excluding hydrogens is 352 g/mol. The van der Waals surface area contributed by atoms with Crippen molar-refractivity contribution in [1.29, 1.82) is 0 Å². The van der Waals surface area contributed by atoms with E-state index in [-0.39, 0.29) is 23.9 Å². The fourth-order valence-electron chi connectivity index (χ4n) is 2.84. The van der Waals surface area contributed by atoms with Crippen molar-refractivity contribution in [2.24, 2.45) is 5.92 Å². The number of aryl methyl sites for hydroxylation is 1. The summed E-state index contributed by atoms with van der Waals surface area (Å²) in [6.07, 6.45) is 5.27. The van der Waals surface area contributed by atoms with Crippen molar-refractivity contribution in [3.63, 3.8) is 0 Å². The number of hydrogen-bond donors (Lipinski definition) is 0. The van der Waals surface area contributed by atoms with Gasteiger partial charge < -0.3 is 9.47 Å². The molecule has 1 aromatic rings. The second-order valence-electron chi connectivity index (χ2n) is 7.20. The molecule has 0 radical (unpaired) electrons. The van der Waals surface area contributed by atoms with Gasteiger partial charge in [0.2, 0.25) is 0 Å². The monoisotopic (exact) mass is 384 g/mol. The van der Waals surface area contributed by atoms with Crippen LogP contribution in [0.1, 0.15) is 57.9 Å². The maximum Gasteiger partial charge on any atom is 0.297 e. The molecule has 0 N–H and O–H groups in total. The highest BCUT2D eigenvalue weighted by Gasteiger charge is 2.23. The second kappa shape index (κ2) is 10.4. The van der Waals surface area contributed by atoms with Crippen molar-refractivity contribution < 1.29 is 22.1 Å².